The number of hydrogen-bond donors (Lipinski definition) is 3. The van der Waals surface area contributed by atoms with Crippen molar-refractivity contribution in [3.05, 3.63) is 24.3 Å². The summed E-state index contributed by atoms with van der Waals surface area (Å²) in [5.41, 5.74) is 5.57. The van der Waals surface area contributed by atoms with Gasteiger partial charge >= 0.3 is 0 Å². The first-order chi connectivity index (χ1) is 6.20. The van der Waals surface area contributed by atoms with Crippen LogP contribution in [0.3, 0.4) is 0 Å². The molecule has 4 heteroatoms. The van der Waals surface area contributed by atoms with Gasteiger partial charge in [0.1, 0.15) is 5.75 Å². The topological polar surface area (TPSA) is 75.4 Å². The highest BCUT2D eigenvalue weighted by Crippen LogP contribution is 2.20. The molecule has 1 rings (SSSR count). The third-order valence-corrected chi connectivity index (χ3v) is 1.59. The molecule has 0 radical (unpaired) electrons. The largest absolute Gasteiger partial charge is 0.506 e. The predicted molar refractivity (Wildman–Crippen MR) is 50.4 cm³/mol. The molecule has 0 bridgehead atoms. The molecular weight excluding hydrogens is 168 g/mol. The van der Waals surface area contributed by atoms with Crippen LogP contribution < -0.4 is 11.1 Å². The molecule has 0 aliphatic heterocycles. The zero-order valence-electron chi connectivity index (χ0n) is 7.16. The van der Waals surface area contributed by atoms with Crippen LogP contribution in [0.2, 0.25) is 0 Å². The Morgan fingerprint density at radius 1 is 1.46 bits per heavy atom. The molecule has 4 nitrogen and oxygen atoms in total. The van der Waals surface area contributed by atoms with E-state index in [1.807, 2.05) is 0 Å². The number of para-hydroxylation sites is 2. The number of anilines is 1. The highest BCUT2D eigenvalue weighted by Gasteiger charge is 1.98. The van der Waals surface area contributed by atoms with Crippen LogP contribution in [0.25, 0.3) is 0 Å². The number of carbonyl (C=O) groups excluding carboxylic acids is 1. The molecular formula is C9H12N2O2. The SMILES string of the molecule is NC(=O)CCNc1ccccc1O. The van der Waals surface area contributed by atoms with Gasteiger partial charge in [-0.15, -0.1) is 0 Å². The Bertz CT molecular complexity index is 299. The van der Waals surface area contributed by atoms with Crippen molar-refractivity contribution < 1.29 is 9.90 Å². The van der Waals surface area contributed by atoms with Crippen LogP contribution in [-0.2, 0) is 4.79 Å². The van der Waals surface area contributed by atoms with E-state index >= 15 is 0 Å². The average Bonchev–Trinajstić information content (AvgIpc) is 2.08. The molecule has 70 valence electrons. The first-order valence-electron chi connectivity index (χ1n) is 4.00. The Morgan fingerprint density at radius 3 is 2.77 bits per heavy atom. The second-order valence-electron chi connectivity index (χ2n) is 2.66. The van der Waals surface area contributed by atoms with E-state index in [1.54, 1.807) is 24.3 Å². The van der Waals surface area contributed by atoms with Crippen LogP contribution in [0.15, 0.2) is 24.3 Å². The number of nitrogens with two attached hydrogens (primary N) is 1. The van der Waals surface area contributed by atoms with Crippen LogP contribution in [0, 0.1) is 0 Å². The number of primary amides is 1. The summed E-state index contributed by atoms with van der Waals surface area (Å²) < 4.78 is 0. The summed E-state index contributed by atoms with van der Waals surface area (Å²) in [6, 6.07) is 6.84. The summed E-state index contributed by atoms with van der Waals surface area (Å²) in [5.74, 6) is -0.185. The number of amides is 1. The molecule has 0 saturated carbocycles. The third-order valence-electron chi connectivity index (χ3n) is 1.59. The minimum atomic E-state index is -0.358. The standard InChI is InChI=1S/C9H12N2O2/c10-9(13)5-6-11-7-3-1-2-4-8(7)12/h1-4,11-12H,5-6H2,(H2,10,13). The van der Waals surface area contributed by atoms with Crippen molar-refractivity contribution in [1.82, 2.24) is 0 Å². The fourth-order valence-corrected chi connectivity index (χ4v) is 0.943. The first kappa shape index (κ1) is 9.38. The summed E-state index contributed by atoms with van der Waals surface area (Å²) in [5, 5.41) is 12.2. The van der Waals surface area contributed by atoms with Gasteiger partial charge in [0.25, 0.3) is 0 Å². The molecule has 1 aromatic carbocycles. The summed E-state index contributed by atoms with van der Waals surface area (Å²) in [4.78, 5) is 10.4. The highest BCUT2D eigenvalue weighted by atomic mass is 16.3. The molecule has 1 amide bonds. The van der Waals surface area contributed by atoms with E-state index in [9.17, 15) is 9.90 Å². The average molecular weight is 180 g/mol. The summed E-state index contributed by atoms with van der Waals surface area (Å²) in [6.45, 7) is 0.437. The molecule has 0 heterocycles. The summed E-state index contributed by atoms with van der Waals surface area (Å²) in [6.07, 6.45) is 0.258. The minimum absolute atomic E-state index is 0.173. The Morgan fingerprint density at radius 2 is 2.15 bits per heavy atom. The van der Waals surface area contributed by atoms with Crippen molar-refractivity contribution in [2.45, 2.75) is 6.42 Å². The van der Waals surface area contributed by atoms with E-state index < -0.39 is 0 Å². The van der Waals surface area contributed by atoms with Crippen molar-refractivity contribution in [1.29, 1.82) is 0 Å². The number of carbonyl (C=O) groups is 1. The molecule has 0 saturated heterocycles. The van der Waals surface area contributed by atoms with Crippen LogP contribution in [0.4, 0.5) is 5.69 Å². The van der Waals surface area contributed by atoms with E-state index in [4.69, 9.17) is 5.73 Å². The second-order valence-corrected chi connectivity index (χ2v) is 2.66. The van der Waals surface area contributed by atoms with Crippen molar-refractivity contribution >= 4 is 11.6 Å². The van der Waals surface area contributed by atoms with E-state index in [0.717, 1.165) is 0 Å². The Kier molecular flexibility index (Phi) is 3.14. The molecule has 0 atom stereocenters. The fraction of sp³-hybridized carbons (Fsp3) is 0.222. The number of phenols is 1. The molecule has 0 fully saturated rings. The van der Waals surface area contributed by atoms with Crippen LogP contribution in [-0.4, -0.2) is 17.6 Å². The lowest BCUT2D eigenvalue weighted by Gasteiger charge is -2.05. The maximum atomic E-state index is 10.4. The maximum Gasteiger partial charge on any atom is 0.219 e. The lowest BCUT2D eigenvalue weighted by molar-refractivity contribution is -0.117. The van der Waals surface area contributed by atoms with Crippen molar-refractivity contribution in [2.75, 3.05) is 11.9 Å². The van der Waals surface area contributed by atoms with Crippen LogP contribution >= 0.6 is 0 Å². The van der Waals surface area contributed by atoms with Crippen molar-refractivity contribution in [2.24, 2.45) is 5.73 Å². The first-order valence-corrected chi connectivity index (χ1v) is 4.00. The zero-order valence-corrected chi connectivity index (χ0v) is 7.16. The normalized spacial score (nSPS) is 9.54. The van der Waals surface area contributed by atoms with Gasteiger partial charge in [-0.25, -0.2) is 0 Å². The van der Waals surface area contributed by atoms with Crippen molar-refractivity contribution in [3.63, 3.8) is 0 Å². The Hall–Kier alpha value is -1.71. The van der Waals surface area contributed by atoms with Gasteiger partial charge in [0.05, 0.1) is 5.69 Å². The third kappa shape index (κ3) is 3.02. The number of rotatable bonds is 4. The molecule has 0 unspecified atom stereocenters. The van der Waals surface area contributed by atoms with E-state index in [2.05, 4.69) is 5.32 Å². The van der Waals surface area contributed by atoms with Gasteiger partial charge in [-0.1, -0.05) is 12.1 Å². The van der Waals surface area contributed by atoms with E-state index in [-0.39, 0.29) is 18.1 Å². The van der Waals surface area contributed by atoms with Gasteiger partial charge < -0.3 is 16.2 Å². The number of hydrogen-bond acceptors (Lipinski definition) is 3. The number of phenolic OH excluding ortho intramolecular Hbond substituents is 1. The molecule has 4 N–H and O–H groups in total. The molecule has 0 aliphatic rings. The smallest absolute Gasteiger partial charge is 0.219 e. The monoisotopic (exact) mass is 180 g/mol. The second kappa shape index (κ2) is 4.35. The Labute approximate surface area is 76.4 Å². The maximum absolute atomic E-state index is 10.4. The molecule has 0 spiro atoms. The number of aromatic hydroxyl groups is 1. The molecule has 0 aromatic heterocycles. The van der Waals surface area contributed by atoms with Crippen LogP contribution in [0.1, 0.15) is 6.42 Å². The van der Waals surface area contributed by atoms with Crippen LogP contribution in [0.5, 0.6) is 5.75 Å². The summed E-state index contributed by atoms with van der Waals surface area (Å²) >= 11 is 0. The quantitative estimate of drug-likeness (QED) is 0.596. The summed E-state index contributed by atoms with van der Waals surface area (Å²) in [7, 11) is 0. The molecule has 0 aliphatic carbocycles. The lowest BCUT2D eigenvalue weighted by atomic mass is 10.3. The van der Waals surface area contributed by atoms with Gasteiger partial charge in [-0.05, 0) is 12.1 Å². The fourth-order valence-electron chi connectivity index (χ4n) is 0.943. The predicted octanol–water partition coefficient (Wildman–Crippen LogP) is 0.679. The zero-order chi connectivity index (χ0) is 9.68. The highest BCUT2D eigenvalue weighted by molar-refractivity contribution is 5.74. The molecule has 13 heavy (non-hydrogen) atoms. The van der Waals surface area contributed by atoms with Gasteiger partial charge in [0.15, 0.2) is 0 Å². The number of benzene rings is 1. The Balaban J connectivity index is 2.45. The van der Waals surface area contributed by atoms with Gasteiger partial charge in [0, 0.05) is 13.0 Å². The molecule has 1 aromatic rings. The van der Waals surface area contributed by atoms with Gasteiger partial charge in [0.2, 0.25) is 5.91 Å². The van der Waals surface area contributed by atoms with E-state index in [0.29, 0.717) is 12.2 Å². The minimum Gasteiger partial charge on any atom is -0.506 e. The number of nitrogens with one attached hydrogen (secondary N) is 1. The van der Waals surface area contributed by atoms with Crippen molar-refractivity contribution in [3.8, 4) is 5.75 Å². The van der Waals surface area contributed by atoms with Gasteiger partial charge in [-0.2, -0.15) is 0 Å². The lowest BCUT2D eigenvalue weighted by Crippen LogP contribution is -2.15. The van der Waals surface area contributed by atoms with Gasteiger partial charge in [-0.3, -0.25) is 4.79 Å². The van der Waals surface area contributed by atoms with E-state index in [1.165, 1.54) is 0 Å².